The number of benzene rings is 2. The van der Waals surface area contributed by atoms with Crippen LogP contribution >= 0.6 is 0 Å². The molecule has 0 aliphatic rings. The highest BCUT2D eigenvalue weighted by Gasteiger charge is 2.27. The molecule has 8 heteroatoms. The van der Waals surface area contributed by atoms with Crippen LogP contribution in [0.25, 0.3) is 5.69 Å². The summed E-state index contributed by atoms with van der Waals surface area (Å²) < 4.78 is 32.6. The maximum atomic E-state index is 13.1. The van der Waals surface area contributed by atoms with Crippen LogP contribution < -0.4 is 4.74 Å². The molecule has 1 N–H and O–H groups in total. The molecule has 0 saturated heterocycles. The maximum absolute atomic E-state index is 13.1. The van der Waals surface area contributed by atoms with Gasteiger partial charge in [0.15, 0.2) is 0 Å². The van der Waals surface area contributed by atoms with Gasteiger partial charge in [0.25, 0.3) is 0 Å². The van der Waals surface area contributed by atoms with E-state index in [2.05, 4.69) is 31.1 Å². The molecule has 3 aromatic rings. The molecule has 1 aromatic heterocycles. The number of sulfone groups is 1. The minimum atomic E-state index is -3.85. The number of phenols is 1. The summed E-state index contributed by atoms with van der Waals surface area (Å²) in [6.07, 6.45) is 0. The van der Waals surface area contributed by atoms with Crippen LogP contribution in [-0.4, -0.2) is 35.6 Å². The summed E-state index contributed by atoms with van der Waals surface area (Å²) in [5.41, 5.74) is 1.54. The van der Waals surface area contributed by atoms with Gasteiger partial charge in [-0.15, -0.1) is 5.10 Å². The zero-order valence-electron chi connectivity index (χ0n) is 16.5. The second-order valence-corrected chi connectivity index (χ2v) is 9.39. The lowest BCUT2D eigenvalue weighted by Gasteiger charge is -2.19. The quantitative estimate of drug-likeness (QED) is 0.720. The van der Waals surface area contributed by atoms with E-state index in [-0.39, 0.29) is 26.8 Å². The minimum Gasteiger partial charge on any atom is -0.506 e. The molecule has 0 saturated carbocycles. The van der Waals surface area contributed by atoms with E-state index in [1.54, 1.807) is 43.3 Å². The van der Waals surface area contributed by atoms with Crippen molar-refractivity contribution in [3.63, 3.8) is 0 Å². The number of aromatic hydroxyl groups is 1. The fourth-order valence-electron chi connectivity index (χ4n) is 2.84. The molecule has 0 aliphatic heterocycles. The second-order valence-electron chi connectivity index (χ2n) is 7.52. The van der Waals surface area contributed by atoms with Gasteiger partial charge in [0.05, 0.1) is 17.7 Å². The summed E-state index contributed by atoms with van der Waals surface area (Å²) in [5, 5.41) is 17.8. The monoisotopic (exact) mass is 401 g/mol. The number of phenolic OH excluding ortho intramolecular Hbond substituents is 1. The van der Waals surface area contributed by atoms with E-state index in [0.29, 0.717) is 11.4 Å². The number of ether oxygens (including phenoxy) is 1. The van der Waals surface area contributed by atoms with Gasteiger partial charge < -0.3 is 9.84 Å². The Hall–Kier alpha value is -2.87. The average Bonchev–Trinajstić information content (AvgIpc) is 3.03. The SMILES string of the molecule is COc1ccc(O)c(-n2nnc(S(=O)(=O)c3ccc(C(C)(C)C)cc3)c2C)c1. The smallest absolute Gasteiger partial charge is 0.227 e. The molecule has 0 unspecified atom stereocenters. The summed E-state index contributed by atoms with van der Waals surface area (Å²) in [6.45, 7) is 7.78. The Kier molecular flexibility index (Phi) is 4.93. The van der Waals surface area contributed by atoms with E-state index >= 15 is 0 Å². The lowest BCUT2D eigenvalue weighted by molar-refractivity contribution is 0.411. The van der Waals surface area contributed by atoms with Crippen LogP contribution in [0.2, 0.25) is 0 Å². The number of aromatic nitrogens is 3. The number of nitrogens with zero attached hydrogens (tertiary/aromatic N) is 3. The standard InChI is InChI=1S/C20H23N3O4S/c1-13-19(21-22-23(13)17-12-15(27-5)8-11-18(17)24)28(25,26)16-9-6-14(7-10-16)20(2,3)4/h6-12,24H,1-5H3. The van der Waals surface area contributed by atoms with E-state index in [0.717, 1.165) is 5.56 Å². The summed E-state index contributed by atoms with van der Waals surface area (Å²) >= 11 is 0. The minimum absolute atomic E-state index is 0.0627. The van der Waals surface area contributed by atoms with Gasteiger partial charge in [-0.3, -0.25) is 0 Å². The fraction of sp³-hybridized carbons (Fsp3) is 0.300. The van der Waals surface area contributed by atoms with Gasteiger partial charge in [-0.1, -0.05) is 38.1 Å². The molecule has 0 radical (unpaired) electrons. The van der Waals surface area contributed by atoms with Crippen LogP contribution in [0.1, 0.15) is 32.0 Å². The van der Waals surface area contributed by atoms with Crippen LogP contribution in [0.5, 0.6) is 11.5 Å². The average molecular weight is 401 g/mol. The summed E-state index contributed by atoms with van der Waals surface area (Å²) in [5.74, 6) is 0.442. The molecule has 0 spiro atoms. The van der Waals surface area contributed by atoms with E-state index < -0.39 is 9.84 Å². The van der Waals surface area contributed by atoms with Gasteiger partial charge >= 0.3 is 0 Å². The van der Waals surface area contributed by atoms with Crippen LogP contribution in [-0.2, 0) is 15.3 Å². The van der Waals surface area contributed by atoms with E-state index in [4.69, 9.17) is 4.74 Å². The Bertz CT molecular complexity index is 1110. The molecule has 0 aliphatic carbocycles. The molecular weight excluding hydrogens is 378 g/mol. The predicted octanol–water partition coefficient (Wildman–Crippen LogP) is 3.42. The molecule has 2 aromatic carbocycles. The lowest BCUT2D eigenvalue weighted by Crippen LogP contribution is -2.11. The Morgan fingerprint density at radius 2 is 1.71 bits per heavy atom. The van der Waals surface area contributed by atoms with Gasteiger partial charge in [-0.05, 0) is 42.2 Å². The molecule has 1 heterocycles. The topological polar surface area (TPSA) is 94.3 Å². The summed E-state index contributed by atoms with van der Waals surface area (Å²) in [6, 6.07) is 11.4. The highest BCUT2D eigenvalue weighted by atomic mass is 32.2. The van der Waals surface area contributed by atoms with E-state index in [1.165, 1.54) is 17.9 Å². The molecule has 0 fully saturated rings. The van der Waals surface area contributed by atoms with Crippen LogP contribution in [0.3, 0.4) is 0 Å². The van der Waals surface area contributed by atoms with E-state index in [1.807, 2.05) is 0 Å². The highest BCUT2D eigenvalue weighted by Crippen LogP contribution is 2.30. The van der Waals surface area contributed by atoms with Crippen molar-refractivity contribution in [1.82, 2.24) is 15.0 Å². The van der Waals surface area contributed by atoms with Crippen molar-refractivity contribution in [2.75, 3.05) is 7.11 Å². The zero-order valence-corrected chi connectivity index (χ0v) is 17.3. The fourth-order valence-corrected chi connectivity index (χ4v) is 4.18. The summed E-state index contributed by atoms with van der Waals surface area (Å²) in [4.78, 5) is 0.144. The number of hydrogen-bond acceptors (Lipinski definition) is 6. The third kappa shape index (κ3) is 3.47. The third-order valence-electron chi connectivity index (χ3n) is 4.55. The van der Waals surface area contributed by atoms with Gasteiger partial charge in [0.2, 0.25) is 14.9 Å². The molecule has 3 rings (SSSR count). The molecule has 28 heavy (non-hydrogen) atoms. The molecule has 148 valence electrons. The number of rotatable bonds is 4. The Morgan fingerprint density at radius 1 is 1.07 bits per heavy atom. The second kappa shape index (κ2) is 6.94. The van der Waals surface area contributed by atoms with Crippen molar-refractivity contribution in [2.45, 2.75) is 43.0 Å². The lowest BCUT2D eigenvalue weighted by atomic mass is 9.87. The van der Waals surface area contributed by atoms with Crippen molar-refractivity contribution >= 4 is 9.84 Å². The molecular formula is C20H23N3O4S. The normalized spacial score (nSPS) is 12.2. The summed E-state index contributed by atoms with van der Waals surface area (Å²) in [7, 11) is -2.35. The zero-order chi connectivity index (χ0) is 20.7. The molecule has 0 atom stereocenters. The molecule has 7 nitrogen and oxygen atoms in total. The van der Waals surface area contributed by atoms with Gasteiger partial charge in [-0.2, -0.15) is 0 Å². The van der Waals surface area contributed by atoms with Crippen LogP contribution in [0.4, 0.5) is 0 Å². The third-order valence-corrected chi connectivity index (χ3v) is 6.33. The Morgan fingerprint density at radius 3 is 2.29 bits per heavy atom. The first-order valence-corrected chi connectivity index (χ1v) is 10.2. The first-order valence-electron chi connectivity index (χ1n) is 8.71. The van der Waals surface area contributed by atoms with Crippen molar-refractivity contribution in [2.24, 2.45) is 0 Å². The Labute approximate surface area is 164 Å². The number of hydrogen-bond donors (Lipinski definition) is 1. The first kappa shape index (κ1) is 19.9. The number of methoxy groups -OCH3 is 1. The van der Waals surface area contributed by atoms with Crippen molar-refractivity contribution < 1.29 is 18.3 Å². The highest BCUT2D eigenvalue weighted by molar-refractivity contribution is 7.91. The van der Waals surface area contributed by atoms with Crippen LogP contribution in [0.15, 0.2) is 52.4 Å². The Balaban J connectivity index is 2.06. The van der Waals surface area contributed by atoms with Gasteiger partial charge in [0.1, 0.15) is 17.2 Å². The largest absolute Gasteiger partial charge is 0.506 e. The van der Waals surface area contributed by atoms with Crippen molar-refractivity contribution in [3.8, 4) is 17.2 Å². The van der Waals surface area contributed by atoms with Gasteiger partial charge in [-0.25, -0.2) is 13.1 Å². The first-order chi connectivity index (χ1) is 13.1. The molecule has 0 amide bonds. The maximum Gasteiger partial charge on any atom is 0.227 e. The molecule has 0 bridgehead atoms. The van der Waals surface area contributed by atoms with Crippen molar-refractivity contribution in [1.29, 1.82) is 0 Å². The van der Waals surface area contributed by atoms with E-state index in [9.17, 15) is 13.5 Å². The van der Waals surface area contributed by atoms with Crippen LogP contribution in [0, 0.1) is 6.92 Å². The predicted molar refractivity (Wildman–Crippen MR) is 105 cm³/mol. The van der Waals surface area contributed by atoms with Gasteiger partial charge in [0, 0.05) is 6.07 Å². The van der Waals surface area contributed by atoms with Crippen molar-refractivity contribution in [3.05, 3.63) is 53.7 Å².